The van der Waals surface area contributed by atoms with Crippen molar-refractivity contribution in [3.05, 3.63) is 28.8 Å². The average Bonchev–Trinajstić information content (AvgIpc) is 2.22. The predicted molar refractivity (Wildman–Crippen MR) is 62.7 cm³/mol. The van der Waals surface area contributed by atoms with Crippen molar-refractivity contribution in [3.8, 4) is 0 Å². The highest BCUT2D eigenvalue weighted by atomic mass is 16.1. The summed E-state index contributed by atoms with van der Waals surface area (Å²) in [6.45, 7) is 6.40. The number of benzene rings is 1. The van der Waals surface area contributed by atoms with Gasteiger partial charge in [0.05, 0.1) is 0 Å². The van der Waals surface area contributed by atoms with Crippen LogP contribution in [0.15, 0.2) is 12.1 Å². The second kappa shape index (κ2) is 4.94. The molecule has 3 heteroatoms. The molecule has 82 valence electrons. The van der Waals surface area contributed by atoms with E-state index in [0.717, 1.165) is 16.8 Å². The zero-order chi connectivity index (χ0) is 11.4. The summed E-state index contributed by atoms with van der Waals surface area (Å²) in [5, 5.41) is 2.84. The van der Waals surface area contributed by atoms with Crippen molar-refractivity contribution in [2.24, 2.45) is 5.73 Å². The number of amides is 1. The van der Waals surface area contributed by atoms with Crippen molar-refractivity contribution in [3.63, 3.8) is 0 Å². The number of hydrogen-bond acceptors (Lipinski definition) is 2. The average molecular weight is 206 g/mol. The van der Waals surface area contributed by atoms with E-state index in [1.807, 2.05) is 32.9 Å². The summed E-state index contributed by atoms with van der Waals surface area (Å²) in [6, 6.07) is 3.91. The Kier molecular flexibility index (Phi) is 3.86. The van der Waals surface area contributed by atoms with Gasteiger partial charge in [-0.05, 0) is 42.7 Å². The highest BCUT2D eigenvalue weighted by Gasteiger charge is 2.05. The molecule has 0 spiro atoms. The van der Waals surface area contributed by atoms with E-state index in [1.54, 1.807) is 0 Å². The molecule has 0 bridgehead atoms. The number of rotatable bonds is 3. The highest BCUT2D eigenvalue weighted by molar-refractivity contribution is 5.90. The second-order valence-electron chi connectivity index (χ2n) is 3.68. The summed E-state index contributed by atoms with van der Waals surface area (Å²) >= 11 is 0. The van der Waals surface area contributed by atoms with Crippen LogP contribution in [-0.4, -0.2) is 5.91 Å². The van der Waals surface area contributed by atoms with E-state index in [4.69, 9.17) is 5.73 Å². The van der Waals surface area contributed by atoms with E-state index in [1.165, 1.54) is 5.56 Å². The lowest BCUT2D eigenvalue weighted by Gasteiger charge is -2.11. The molecule has 3 nitrogen and oxygen atoms in total. The van der Waals surface area contributed by atoms with Crippen molar-refractivity contribution in [2.45, 2.75) is 33.7 Å². The number of nitrogens with one attached hydrogen (secondary N) is 1. The molecule has 0 aliphatic carbocycles. The summed E-state index contributed by atoms with van der Waals surface area (Å²) < 4.78 is 0. The maximum absolute atomic E-state index is 11.2. The molecule has 0 saturated heterocycles. The third-order valence-electron chi connectivity index (χ3n) is 2.60. The molecule has 0 aliphatic heterocycles. The number of hydrogen-bond donors (Lipinski definition) is 2. The molecule has 0 heterocycles. The Morgan fingerprint density at radius 3 is 2.60 bits per heavy atom. The fourth-order valence-electron chi connectivity index (χ4n) is 1.47. The van der Waals surface area contributed by atoms with Gasteiger partial charge in [-0.15, -0.1) is 0 Å². The van der Waals surface area contributed by atoms with E-state index in [0.29, 0.717) is 13.0 Å². The summed E-state index contributed by atoms with van der Waals surface area (Å²) in [4.78, 5) is 11.2. The van der Waals surface area contributed by atoms with E-state index in [9.17, 15) is 4.79 Å². The van der Waals surface area contributed by atoms with Gasteiger partial charge in [0, 0.05) is 18.7 Å². The van der Waals surface area contributed by atoms with Crippen LogP contribution in [0.3, 0.4) is 0 Å². The van der Waals surface area contributed by atoms with E-state index < -0.39 is 0 Å². The second-order valence-corrected chi connectivity index (χ2v) is 3.68. The molecule has 0 unspecified atom stereocenters. The normalized spacial score (nSPS) is 10.1. The van der Waals surface area contributed by atoms with Crippen molar-refractivity contribution in [1.82, 2.24) is 0 Å². The molecule has 0 radical (unpaired) electrons. The van der Waals surface area contributed by atoms with Crippen LogP contribution in [0.4, 0.5) is 5.69 Å². The van der Waals surface area contributed by atoms with Gasteiger partial charge in [-0.1, -0.05) is 6.92 Å². The maximum atomic E-state index is 11.2. The Labute approximate surface area is 90.7 Å². The van der Waals surface area contributed by atoms with E-state index in [-0.39, 0.29) is 5.91 Å². The summed E-state index contributed by atoms with van der Waals surface area (Å²) in [5.74, 6) is 0.0289. The Bertz CT molecular complexity index is 372. The number of aryl methyl sites for hydroxylation is 1. The lowest BCUT2D eigenvalue weighted by Crippen LogP contribution is -2.11. The molecular weight excluding hydrogens is 188 g/mol. The monoisotopic (exact) mass is 206 g/mol. The van der Waals surface area contributed by atoms with E-state index in [2.05, 4.69) is 5.32 Å². The Morgan fingerprint density at radius 2 is 2.07 bits per heavy atom. The molecule has 3 N–H and O–H groups in total. The predicted octanol–water partition coefficient (Wildman–Crippen LogP) is 2.11. The lowest BCUT2D eigenvalue weighted by molar-refractivity contribution is -0.115. The largest absolute Gasteiger partial charge is 0.326 e. The zero-order valence-corrected chi connectivity index (χ0v) is 9.55. The Balaban J connectivity index is 3.00. The minimum absolute atomic E-state index is 0.0289. The summed E-state index contributed by atoms with van der Waals surface area (Å²) in [5.41, 5.74) is 9.92. The van der Waals surface area contributed by atoms with Gasteiger partial charge in [0.1, 0.15) is 0 Å². The van der Waals surface area contributed by atoms with E-state index >= 15 is 0 Å². The zero-order valence-electron chi connectivity index (χ0n) is 9.55. The first kappa shape index (κ1) is 11.7. The van der Waals surface area contributed by atoms with Crippen LogP contribution in [0, 0.1) is 13.8 Å². The summed E-state index contributed by atoms with van der Waals surface area (Å²) in [6.07, 6.45) is 0.491. The fraction of sp³-hybridized carbons (Fsp3) is 0.417. The van der Waals surface area contributed by atoms with Gasteiger partial charge in [0.15, 0.2) is 0 Å². The molecule has 1 aromatic rings. The third kappa shape index (κ3) is 2.80. The van der Waals surface area contributed by atoms with Gasteiger partial charge in [-0.3, -0.25) is 4.79 Å². The molecule has 1 rings (SSSR count). The quantitative estimate of drug-likeness (QED) is 0.795. The van der Waals surface area contributed by atoms with Crippen LogP contribution in [0.5, 0.6) is 0 Å². The molecule has 15 heavy (non-hydrogen) atoms. The highest BCUT2D eigenvalue weighted by Crippen LogP contribution is 2.19. The minimum Gasteiger partial charge on any atom is -0.326 e. The Hall–Kier alpha value is -1.35. The van der Waals surface area contributed by atoms with Crippen LogP contribution in [0.2, 0.25) is 0 Å². The molecule has 0 fully saturated rings. The van der Waals surface area contributed by atoms with Gasteiger partial charge >= 0.3 is 0 Å². The van der Waals surface area contributed by atoms with Gasteiger partial charge in [0.25, 0.3) is 0 Å². The topological polar surface area (TPSA) is 55.1 Å². The van der Waals surface area contributed by atoms with Crippen LogP contribution in [0.1, 0.15) is 30.0 Å². The van der Waals surface area contributed by atoms with Gasteiger partial charge in [-0.25, -0.2) is 0 Å². The fourth-order valence-corrected chi connectivity index (χ4v) is 1.47. The Morgan fingerprint density at radius 1 is 1.40 bits per heavy atom. The van der Waals surface area contributed by atoms with Crippen LogP contribution >= 0.6 is 0 Å². The van der Waals surface area contributed by atoms with Crippen LogP contribution in [-0.2, 0) is 11.3 Å². The number of nitrogens with two attached hydrogens (primary N) is 1. The van der Waals surface area contributed by atoms with Crippen LogP contribution in [0.25, 0.3) is 0 Å². The molecule has 0 aliphatic rings. The van der Waals surface area contributed by atoms with Crippen molar-refractivity contribution >= 4 is 11.6 Å². The smallest absolute Gasteiger partial charge is 0.224 e. The van der Waals surface area contributed by atoms with Gasteiger partial charge in [-0.2, -0.15) is 0 Å². The lowest BCUT2D eigenvalue weighted by atomic mass is 10.0. The number of carbonyl (C=O) groups is 1. The molecule has 1 aromatic carbocycles. The summed E-state index contributed by atoms with van der Waals surface area (Å²) in [7, 11) is 0. The van der Waals surface area contributed by atoms with Crippen molar-refractivity contribution in [2.75, 3.05) is 5.32 Å². The van der Waals surface area contributed by atoms with Crippen molar-refractivity contribution < 1.29 is 4.79 Å². The number of anilines is 1. The van der Waals surface area contributed by atoms with Crippen molar-refractivity contribution in [1.29, 1.82) is 0 Å². The van der Waals surface area contributed by atoms with Gasteiger partial charge in [0.2, 0.25) is 5.91 Å². The first-order valence-corrected chi connectivity index (χ1v) is 5.18. The molecule has 0 atom stereocenters. The third-order valence-corrected chi connectivity index (χ3v) is 2.60. The first-order chi connectivity index (χ1) is 7.08. The standard InChI is InChI=1S/C12H18N2O/c1-4-12(15)14-11-5-8(2)9(3)10(6-11)7-13/h5-6H,4,7,13H2,1-3H3,(H,14,15). The first-order valence-electron chi connectivity index (χ1n) is 5.18. The molecule has 1 amide bonds. The molecule has 0 aromatic heterocycles. The molecular formula is C12H18N2O. The maximum Gasteiger partial charge on any atom is 0.224 e. The molecule has 0 saturated carbocycles. The van der Waals surface area contributed by atoms with Crippen LogP contribution < -0.4 is 11.1 Å². The van der Waals surface area contributed by atoms with Gasteiger partial charge < -0.3 is 11.1 Å². The SMILES string of the molecule is CCC(=O)Nc1cc(C)c(C)c(CN)c1. The number of carbonyl (C=O) groups excluding carboxylic acids is 1. The minimum atomic E-state index is 0.0289.